The van der Waals surface area contributed by atoms with Gasteiger partial charge in [0.2, 0.25) is 10.0 Å². The van der Waals surface area contributed by atoms with Gasteiger partial charge in [0, 0.05) is 37.2 Å². The molecule has 2 heterocycles. The highest BCUT2D eigenvalue weighted by molar-refractivity contribution is 7.89. The Morgan fingerprint density at radius 1 is 1.00 bits per heavy atom. The molecular weight excluding hydrogens is 484 g/mol. The van der Waals surface area contributed by atoms with E-state index in [1.54, 1.807) is 0 Å². The van der Waals surface area contributed by atoms with E-state index in [2.05, 4.69) is 10.5 Å². The third-order valence-corrected chi connectivity index (χ3v) is 8.03. The third-order valence-electron chi connectivity index (χ3n) is 6.09. The molecule has 1 fully saturated rings. The highest BCUT2D eigenvalue weighted by Gasteiger charge is 2.31. The van der Waals surface area contributed by atoms with Gasteiger partial charge in [-0.2, -0.15) is 9.41 Å². The Morgan fingerprint density at radius 2 is 1.72 bits per heavy atom. The summed E-state index contributed by atoms with van der Waals surface area (Å²) in [6.07, 6.45) is 0.182. The Morgan fingerprint density at radius 3 is 2.47 bits per heavy atom. The summed E-state index contributed by atoms with van der Waals surface area (Å²) >= 11 is 0. The molecule has 36 heavy (non-hydrogen) atoms. The van der Waals surface area contributed by atoms with E-state index < -0.39 is 14.9 Å². The molecule has 2 aliphatic rings. The molecule has 0 spiro atoms. The van der Waals surface area contributed by atoms with Gasteiger partial charge in [-0.3, -0.25) is 15.5 Å². The zero-order chi connectivity index (χ0) is 25.1. The number of nitrogens with one attached hydrogen (secondary N) is 1. The average molecular weight is 509 g/mol. The summed E-state index contributed by atoms with van der Waals surface area (Å²) in [5.74, 6) is 0.669. The van der Waals surface area contributed by atoms with Crippen LogP contribution in [0.4, 0.5) is 11.4 Å². The summed E-state index contributed by atoms with van der Waals surface area (Å²) < 4.78 is 39.6. The summed E-state index contributed by atoms with van der Waals surface area (Å²) in [6.45, 7) is 0.860. The highest BCUT2D eigenvalue weighted by Crippen LogP contribution is 2.36. The molecule has 1 unspecified atom stereocenters. The second kappa shape index (κ2) is 10.1. The average Bonchev–Trinajstić information content (AvgIpc) is 2.92. The van der Waals surface area contributed by atoms with Crippen molar-refractivity contribution in [1.29, 1.82) is 0 Å². The topological polar surface area (TPSA) is 123 Å². The van der Waals surface area contributed by atoms with Gasteiger partial charge in [0.15, 0.2) is 0 Å². The van der Waals surface area contributed by atoms with E-state index in [9.17, 15) is 18.5 Å². The van der Waals surface area contributed by atoms with Crippen molar-refractivity contribution in [1.82, 2.24) is 4.31 Å². The molecule has 3 aromatic rings. The van der Waals surface area contributed by atoms with Crippen LogP contribution < -0.4 is 10.2 Å². The largest absolute Gasteiger partial charge is 0.485 e. The molecule has 3 aromatic carbocycles. The molecule has 0 saturated carbocycles. The number of non-ortho nitro benzene ring substituents is 1. The first-order chi connectivity index (χ1) is 17.4. The lowest BCUT2D eigenvalue weighted by molar-refractivity contribution is -0.385. The number of hydrogen-bond acceptors (Lipinski definition) is 8. The highest BCUT2D eigenvalue weighted by atomic mass is 32.2. The summed E-state index contributed by atoms with van der Waals surface area (Å²) in [5, 5.41) is 16.0. The van der Waals surface area contributed by atoms with Crippen LogP contribution in [0.15, 0.2) is 82.8 Å². The van der Waals surface area contributed by atoms with Crippen molar-refractivity contribution >= 4 is 27.1 Å². The number of anilines is 1. The number of ether oxygens (including phenoxy) is 2. The van der Waals surface area contributed by atoms with Crippen molar-refractivity contribution in [3.63, 3.8) is 0 Å². The Labute approximate surface area is 208 Å². The van der Waals surface area contributed by atoms with Crippen LogP contribution in [0.5, 0.6) is 5.75 Å². The van der Waals surface area contributed by atoms with Gasteiger partial charge in [0.1, 0.15) is 16.7 Å². The van der Waals surface area contributed by atoms with Gasteiger partial charge in [-0.15, -0.1) is 0 Å². The molecule has 5 rings (SSSR count). The summed E-state index contributed by atoms with van der Waals surface area (Å²) in [7, 11) is -4.02. The van der Waals surface area contributed by atoms with Gasteiger partial charge in [0.05, 0.1) is 29.5 Å². The first kappa shape index (κ1) is 23.9. The number of benzene rings is 3. The predicted octanol–water partition coefficient (Wildman–Crippen LogP) is 3.96. The molecule has 0 aliphatic carbocycles. The van der Waals surface area contributed by atoms with Gasteiger partial charge in [-0.1, -0.05) is 42.5 Å². The Bertz CT molecular complexity index is 1410. The molecule has 2 aliphatic heterocycles. The van der Waals surface area contributed by atoms with E-state index in [1.807, 2.05) is 54.6 Å². The van der Waals surface area contributed by atoms with E-state index >= 15 is 0 Å². The van der Waals surface area contributed by atoms with Crippen LogP contribution in [0.3, 0.4) is 0 Å². The first-order valence-corrected chi connectivity index (χ1v) is 12.9. The third kappa shape index (κ3) is 4.81. The Kier molecular flexibility index (Phi) is 6.68. The van der Waals surface area contributed by atoms with Crippen molar-refractivity contribution < 1.29 is 22.8 Å². The fraction of sp³-hybridized carbons (Fsp3) is 0.240. The van der Waals surface area contributed by atoms with Crippen LogP contribution >= 0.6 is 0 Å². The number of fused-ring (bicyclic) bond motifs is 1. The monoisotopic (exact) mass is 508 g/mol. The van der Waals surface area contributed by atoms with E-state index in [0.29, 0.717) is 17.9 Å². The van der Waals surface area contributed by atoms with Gasteiger partial charge >= 0.3 is 0 Å². The number of para-hydroxylation sites is 1. The van der Waals surface area contributed by atoms with Gasteiger partial charge in [-0.25, -0.2) is 8.42 Å². The minimum atomic E-state index is -4.02. The minimum absolute atomic E-state index is 0.153. The van der Waals surface area contributed by atoms with Gasteiger partial charge in [0.25, 0.3) is 5.69 Å². The van der Waals surface area contributed by atoms with Crippen molar-refractivity contribution in [2.75, 3.05) is 31.7 Å². The molecule has 0 bridgehead atoms. The predicted molar refractivity (Wildman–Crippen MR) is 134 cm³/mol. The van der Waals surface area contributed by atoms with E-state index in [1.165, 1.54) is 16.4 Å². The maximum absolute atomic E-state index is 13.4. The quantitative estimate of drug-likeness (QED) is 0.395. The second-order valence-electron chi connectivity index (χ2n) is 8.34. The molecule has 1 N–H and O–H groups in total. The standard InChI is InChI=1S/C25H24N4O6S/c30-29(31)19-10-11-21(25(16-19)36(32,33)28-12-14-34-15-13-28)26-27-22-17-24(18-6-2-1-3-7-18)35-23-9-5-4-8-20(22)23/h1-11,16,24,26H,12-15,17H2. The smallest absolute Gasteiger partial charge is 0.270 e. The number of nitro groups is 1. The number of nitro benzene ring substituents is 1. The second-order valence-corrected chi connectivity index (χ2v) is 10.2. The molecule has 11 heteroatoms. The zero-order valence-corrected chi connectivity index (χ0v) is 20.1. The molecule has 10 nitrogen and oxygen atoms in total. The van der Waals surface area contributed by atoms with E-state index in [4.69, 9.17) is 9.47 Å². The SMILES string of the molecule is O=[N+]([O-])c1ccc(NN=C2CC(c3ccccc3)Oc3ccccc32)c(S(=O)(=O)N2CCOCC2)c1. The fourth-order valence-corrected chi connectivity index (χ4v) is 5.80. The molecule has 1 saturated heterocycles. The summed E-state index contributed by atoms with van der Waals surface area (Å²) in [6, 6.07) is 21.0. The van der Waals surface area contributed by atoms with E-state index in [0.717, 1.165) is 17.2 Å². The minimum Gasteiger partial charge on any atom is -0.485 e. The molecule has 0 aromatic heterocycles. The fourth-order valence-electron chi connectivity index (χ4n) is 4.23. The number of morpholine rings is 1. The normalized spacial score (nSPS) is 19.3. The van der Waals surface area contributed by atoms with Gasteiger partial charge in [-0.05, 0) is 23.8 Å². The van der Waals surface area contributed by atoms with Crippen LogP contribution in [0.2, 0.25) is 0 Å². The lowest BCUT2D eigenvalue weighted by atomic mass is 9.96. The number of sulfonamides is 1. The lowest BCUT2D eigenvalue weighted by Gasteiger charge is -2.28. The van der Waals surface area contributed by atoms with Crippen LogP contribution in [-0.2, 0) is 14.8 Å². The molecule has 0 amide bonds. The molecule has 1 atom stereocenters. The van der Waals surface area contributed by atoms with Crippen LogP contribution in [0.1, 0.15) is 23.7 Å². The van der Waals surface area contributed by atoms with Crippen LogP contribution in [-0.4, -0.2) is 49.7 Å². The summed E-state index contributed by atoms with van der Waals surface area (Å²) in [5.41, 5.74) is 5.17. The van der Waals surface area contributed by atoms with Crippen LogP contribution in [0.25, 0.3) is 0 Å². The van der Waals surface area contributed by atoms with Gasteiger partial charge < -0.3 is 9.47 Å². The Hall–Kier alpha value is -3.80. The lowest BCUT2D eigenvalue weighted by Crippen LogP contribution is -2.40. The number of hydrazone groups is 1. The maximum Gasteiger partial charge on any atom is 0.270 e. The number of nitrogens with zero attached hydrogens (tertiary/aromatic N) is 3. The first-order valence-electron chi connectivity index (χ1n) is 11.4. The van der Waals surface area contributed by atoms with E-state index in [-0.39, 0.29) is 48.7 Å². The van der Waals surface area contributed by atoms with Crippen molar-refractivity contribution in [3.8, 4) is 5.75 Å². The molecule has 0 radical (unpaired) electrons. The maximum atomic E-state index is 13.4. The van der Waals surface area contributed by atoms with Crippen molar-refractivity contribution in [3.05, 3.63) is 94.0 Å². The number of hydrogen-bond donors (Lipinski definition) is 1. The number of rotatable bonds is 6. The van der Waals surface area contributed by atoms with Crippen LogP contribution in [0, 0.1) is 10.1 Å². The molecule has 186 valence electrons. The zero-order valence-electron chi connectivity index (χ0n) is 19.2. The van der Waals surface area contributed by atoms with Crippen molar-refractivity contribution in [2.45, 2.75) is 17.4 Å². The Balaban J connectivity index is 1.52. The summed E-state index contributed by atoms with van der Waals surface area (Å²) in [4.78, 5) is 10.6. The van der Waals surface area contributed by atoms with Crippen molar-refractivity contribution in [2.24, 2.45) is 5.10 Å². The molecular formula is C25H24N4O6S.